The minimum atomic E-state index is -0.111. The zero-order valence-electron chi connectivity index (χ0n) is 16.1. The molecule has 4 rings (SSSR count). The normalized spacial score (nSPS) is 10.9. The van der Waals surface area contributed by atoms with Crippen LogP contribution in [0.3, 0.4) is 0 Å². The minimum Gasteiger partial charge on any atom is -0.347 e. The number of nitrogens with zero attached hydrogens (tertiary/aromatic N) is 4. The molecule has 2 aromatic carbocycles. The summed E-state index contributed by atoms with van der Waals surface area (Å²) in [4.78, 5) is 27.7. The second-order valence-corrected chi connectivity index (χ2v) is 8.89. The summed E-state index contributed by atoms with van der Waals surface area (Å²) in [6.07, 6.45) is 1.49. The lowest BCUT2D eigenvalue weighted by Crippen LogP contribution is -2.15. The average Bonchev–Trinajstić information content (AvgIpc) is 3.20. The van der Waals surface area contributed by atoms with Crippen molar-refractivity contribution in [1.29, 1.82) is 0 Å². The molecule has 9 heteroatoms. The summed E-state index contributed by atoms with van der Waals surface area (Å²) >= 11 is 8.78. The number of carbonyl (C=O) groups is 1. The van der Waals surface area contributed by atoms with Crippen LogP contribution in [0, 0.1) is 0 Å². The van der Waals surface area contributed by atoms with E-state index in [-0.39, 0.29) is 11.7 Å². The highest BCUT2D eigenvalue weighted by molar-refractivity contribution is 8.00. The predicted octanol–water partition coefficient (Wildman–Crippen LogP) is 5.11. The number of halogens is 1. The van der Waals surface area contributed by atoms with E-state index < -0.39 is 0 Å². The second kappa shape index (κ2) is 9.42. The summed E-state index contributed by atoms with van der Waals surface area (Å²) in [5.74, 6) is 0.127. The third-order valence-electron chi connectivity index (χ3n) is 4.20. The molecule has 1 amide bonds. The van der Waals surface area contributed by atoms with Crippen LogP contribution in [-0.4, -0.2) is 33.7 Å². The lowest BCUT2D eigenvalue weighted by molar-refractivity contribution is -0.113. The lowest BCUT2D eigenvalue weighted by Gasteiger charge is -2.15. The Morgan fingerprint density at radius 2 is 1.90 bits per heavy atom. The van der Waals surface area contributed by atoms with E-state index >= 15 is 0 Å². The Balaban J connectivity index is 1.44. The molecule has 0 aliphatic carbocycles. The maximum atomic E-state index is 12.3. The van der Waals surface area contributed by atoms with Crippen LogP contribution >= 0.6 is 34.7 Å². The monoisotopic (exact) mass is 455 g/mol. The average molecular weight is 456 g/mol. The number of anilines is 2. The molecule has 0 unspecified atom stereocenters. The Hall–Kier alpha value is -2.68. The van der Waals surface area contributed by atoms with Gasteiger partial charge in [-0.2, -0.15) is 4.98 Å². The van der Waals surface area contributed by atoms with Gasteiger partial charge in [0.15, 0.2) is 10.8 Å². The van der Waals surface area contributed by atoms with Gasteiger partial charge >= 0.3 is 0 Å². The number of aromatic nitrogens is 3. The minimum absolute atomic E-state index is 0.111. The molecule has 30 heavy (non-hydrogen) atoms. The number of nitrogens with one attached hydrogen (secondary N) is 1. The van der Waals surface area contributed by atoms with Crippen molar-refractivity contribution in [1.82, 2.24) is 15.0 Å². The molecule has 2 aromatic heterocycles. The zero-order chi connectivity index (χ0) is 20.9. The molecule has 0 aliphatic rings. The van der Waals surface area contributed by atoms with Crippen molar-refractivity contribution in [2.24, 2.45) is 0 Å². The van der Waals surface area contributed by atoms with Gasteiger partial charge in [-0.05, 0) is 29.8 Å². The molecule has 4 aromatic rings. The van der Waals surface area contributed by atoms with E-state index in [9.17, 15) is 4.79 Å². The lowest BCUT2D eigenvalue weighted by atomic mass is 10.2. The van der Waals surface area contributed by atoms with E-state index in [0.717, 1.165) is 21.4 Å². The molecule has 0 spiro atoms. The van der Waals surface area contributed by atoms with Gasteiger partial charge < -0.3 is 10.2 Å². The second-order valence-electron chi connectivity index (χ2n) is 6.51. The number of hydrogen-bond acceptors (Lipinski definition) is 7. The van der Waals surface area contributed by atoms with Crippen LogP contribution in [0.5, 0.6) is 0 Å². The summed E-state index contributed by atoms with van der Waals surface area (Å²) < 4.78 is 0.886. The fraction of sp³-hybridized carbons (Fsp3) is 0.143. The molecular formula is C21H18ClN5OS2. The molecule has 0 saturated carbocycles. The summed E-state index contributed by atoms with van der Waals surface area (Å²) in [5.41, 5.74) is 2.56. The van der Waals surface area contributed by atoms with Gasteiger partial charge in [0.2, 0.25) is 5.91 Å². The van der Waals surface area contributed by atoms with E-state index in [0.29, 0.717) is 16.4 Å². The Kier molecular flexibility index (Phi) is 6.47. The Bertz CT molecular complexity index is 1150. The van der Waals surface area contributed by atoms with Crippen LogP contribution in [-0.2, 0) is 11.3 Å². The Morgan fingerprint density at radius 3 is 2.67 bits per heavy atom. The first-order valence-electron chi connectivity index (χ1n) is 9.13. The molecule has 152 valence electrons. The number of carbonyl (C=O) groups excluding carboxylic acids is 1. The number of thiazole rings is 1. The number of thioether (sulfide) groups is 1. The van der Waals surface area contributed by atoms with Crippen LogP contribution in [0.15, 0.2) is 66.0 Å². The summed E-state index contributed by atoms with van der Waals surface area (Å²) in [5, 5.41) is 5.10. The van der Waals surface area contributed by atoms with Gasteiger partial charge in [0.1, 0.15) is 16.1 Å². The molecule has 1 N–H and O–H groups in total. The van der Waals surface area contributed by atoms with Crippen molar-refractivity contribution >= 4 is 61.8 Å². The molecule has 2 heterocycles. The molecular weight excluding hydrogens is 438 g/mol. The van der Waals surface area contributed by atoms with Crippen LogP contribution < -0.4 is 10.2 Å². The van der Waals surface area contributed by atoms with E-state index in [1.807, 2.05) is 25.2 Å². The van der Waals surface area contributed by atoms with Crippen LogP contribution in [0.1, 0.15) is 5.56 Å². The fourth-order valence-electron chi connectivity index (χ4n) is 2.78. The molecule has 0 saturated heterocycles. The number of amides is 1. The van der Waals surface area contributed by atoms with Crippen molar-refractivity contribution in [2.75, 3.05) is 23.0 Å². The first kappa shape index (κ1) is 20.6. The highest BCUT2D eigenvalue weighted by Crippen LogP contribution is 2.33. The number of rotatable bonds is 7. The van der Waals surface area contributed by atoms with Crippen molar-refractivity contribution in [2.45, 2.75) is 11.6 Å². The van der Waals surface area contributed by atoms with Crippen molar-refractivity contribution in [3.8, 4) is 0 Å². The first-order valence-corrected chi connectivity index (χ1v) is 11.3. The van der Waals surface area contributed by atoms with Gasteiger partial charge in [0.25, 0.3) is 0 Å². The van der Waals surface area contributed by atoms with Crippen molar-refractivity contribution in [3.05, 3.63) is 71.5 Å². The van der Waals surface area contributed by atoms with Gasteiger partial charge in [0, 0.05) is 24.3 Å². The standard InChI is InChI=1S/C21H18ClN5OS2/c1-27(11-14-5-3-2-4-6-14)21-26-19-18(30-21)20(24-13-23-19)29-12-17(28)25-16-9-7-15(22)8-10-16/h2-10,13H,11-12H2,1H3,(H,25,28). The molecule has 0 bridgehead atoms. The maximum Gasteiger partial charge on any atom is 0.234 e. The van der Waals surface area contributed by atoms with Gasteiger partial charge in [-0.1, -0.05) is 65.0 Å². The van der Waals surface area contributed by atoms with Gasteiger partial charge in [-0.25, -0.2) is 9.97 Å². The van der Waals surface area contributed by atoms with E-state index in [4.69, 9.17) is 11.6 Å². The highest BCUT2D eigenvalue weighted by Gasteiger charge is 2.15. The summed E-state index contributed by atoms with van der Waals surface area (Å²) in [6.45, 7) is 0.750. The van der Waals surface area contributed by atoms with Crippen LogP contribution in [0.4, 0.5) is 10.8 Å². The van der Waals surface area contributed by atoms with Gasteiger partial charge in [0.05, 0.1) is 5.75 Å². The summed E-state index contributed by atoms with van der Waals surface area (Å²) in [6, 6.07) is 17.2. The van der Waals surface area contributed by atoms with E-state index in [1.165, 1.54) is 35.0 Å². The number of fused-ring (bicyclic) bond motifs is 1. The van der Waals surface area contributed by atoms with Crippen molar-refractivity contribution in [3.63, 3.8) is 0 Å². The zero-order valence-corrected chi connectivity index (χ0v) is 18.5. The third-order valence-corrected chi connectivity index (χ3v) is 6.74. The SMILES string of the molecule is CN(Cc1ccccc1)c1nc2ncnc(SCC(=O)Nc3ccc(Cl)cc3)c2s1. The Labute approximate surface area is 187 Å². The molecule has 0 fully saturated rings. The van der Waals surface area contributed by atoms with E-state index in [1.54, 1.807) is 24.3 Å². The first-order chi connectivity index (χ1) is 14.6. The number of benzene rings is 2. The largest absolute Gasteiger partial charge is 0.347 e. The Morgan fingerprint density at radius 1 is 1.13 bits per heavy atom. The van der Waals surface area contributed by atoms with Crippen LogP contribution in [0.25, 0.3) is 10.3 Å². The van der Waals surface area contributed by atoms with Crippen LogP contribution in [0.2, 0.25) is 5.02 Å². The molecule has 0 radical (unpaired) electrons. The number of hydrogen-bond donors (Lipinski definition) is 1. The van der Waals surface area contributed by atoms with Gasteiger partial charge in [-0.15, -0.1) is 0 Å². The predicted molar refractivity (Wildman–Crippen MR) is 125 cm³/mol. The third kappa shape index (κ3) is 5.08. The molecule has 6 nitrogen and oxygen atoms in total. The molecule has 0 aliphatic heterocycles. The summed E-state index contributed by atoms with van der Waals surface area (Å²) in [7, 11) is 2.00. The highest BCUT2D eigenvalue weighted by atomic mass is 35.5. The smallest absolute Gasteiger partial charge is 0.234 e. The van der Waals surface area contributed by atoms with Crippen molar-refractivity contribution < 1.29 is 4.79 Å². The molecule has 0 atom stereocenters. The maximum absolute atomic E-state index is 12.3. The van der Waals surface area contributed by atoms with E-state index in [2.05, 4.69) is 37.3 Å². The quantitative estimate of drug-likeness (QED) is 0.308. The topological polar surface area (TPSA) is 71.0 Å². The van der Waals surface area contributed by atoms with Gasteiger partial charge in [-0.3, -0.25) is 4.79 Å². The fourth-order valence-corrected chi connectivity index (χ4v) is 4.75.